The summed E-state index contributed by atoms with van der Waals surface area (Å²) in [7, 11) is 3.22. The van der Waals surface area contributed by atoms with Crippen LogP contribution in [0.15, 0.2) is 53.5 Å². The molecule has 0 saturated carbocycles. The number of rotatable bonds is 4. The van der Waals surface area contributed by atoms with Gasteiger partial charge in [-0.15, -0.1) is 0 Å². The lowest BCUT2D eigenvalue weighted by atomic mass is 10.1. The lowest BCUT2D eigenvalue weighted by molar-refractivity contribution is 0.0733. The van der Waals surface area contributed by atoms with Crippen molar-refractivity contribution < 1.29 is 9.53 Å². The van der Waals surface area contributed by atoms with Crippen LogP contribution in [0, 0.1) is 0 Å². The molecule has 0 radical (unpaired) electrons. The number of nitrogens with one attached hydrogen (secondary N) is 1. The third kappa shape index (κ3) is 3.69. The normalized spacial score (nSPS) is 13.0. The number of ether oxygens (including phenoxy) is 1. The third-order valence-electron chi connectivity index (χ3n) is 4.92. The predicted molar refractivity (Wildman–Crippen MR) is 108 cm³/mol. The summed E-state index contributed by atoms with van der Waals surface area (Å²) in [5.41, 5.74) is 2.64. The van der Waals surface area contributed by atoms with Crippen molar-refractivity contribution in [2.75, 3.05) is 19.0 Å². The number of pyridine rings is 1. The Morgan fingerprint density at radius 1 is 1.21 bits per heavy atom. The molecule has 3 aromatic rings. The van der Waals surface area contributed by atoms with Gasteiger partial charge in [-0.25, -0.2) is 9.67 Å². The van der Waals surface area contributed by atoms with Crippen molar-refractivity contribution >= 4 is 17.4 Å². The van der Waals surface area contributed by atoms with Gasteiger partial charge in [0.1, 0.15) is 11.6 Å². The minimum Gasteiger partial charge on any atom is -0.495 e. The Kier molecular flexibility index (Phi) is 4.99. The Morgan fingerprint density at radius 3 is 2.86 bits per heavy atom. The summed E-state index contributed by atoms with van der Waals surface area (Å²) >= 11 is 0. The zero-order valence-corrected chi connectivity index (χ0v) is 16.3. The van der Waals surface area contributed by atoms with Crippen LogP contribution >= 0.6 is 0 Å². The van der Waals surface area contributed by atoms with E-state index in [0.717, 1.165) is 16.9 Å². The fourth-order valence-corrected chi connectivity index (χ4v) is 3.39. The number of amides is 1. The maximum Gasteiger partial charge on any atom is 0.266 e. The van der Waals surface area contributed by atoms with Crippen molar-refractivity contribution in [3.05, 3.63) is 75.8 Å². The highest BCUT2D eigenvalue weighted by Gasteiger charge is 2.25. The van der Waals surface area contributed by atoms with Gasteiger partial charge in [-0.1, -0.05) is 12.1 Å². The minimum atomic E-state index is -0.182. The predicted octanol–water partition coefficient (Wildman–Crippen LogP) is 2.13. The van der Waals surface area contributed by atoms with Crippen LogP contribution in [0.2, 0.25) is 0 Å². The molecule has 148 valence electrons. The molecule has 0 aliphatic carbocycles. The SMILES string of the molecule is COc1ccccc1Nc1ncccc1C(=O)N1CCc2nn(C)c(=O)cc2C1. The van der Waals surface area contributed by atoms with Crippen molar-refractivity contribution in [2.24, 2.45) is 7.05 Å². The summed E-state index contributed by atoms with van der Waals surface area (Å²) in [4.78, 5) is 31.2. The molecule has 3 heterocycles. The van der Waals surface area contributed by atoms with Crippen molar-refractivity contribution in [3.63, 3.8) is 0 Å². The van der Waals surface area contributed by atoms with Crippen molar-refractivity contribution in [1.82, 2.24) is 19.7 Å². The highest BCUT2D eigenvalue weighted by molar-refractivity contribution is 5.99. The molecule has 4 rings (SSSR count). The Hall–Kier alpha value is -3.68. The van der Waals surface area contributed by atoms with Crippen molar-refractivity contribution in [3.8, 4) is 5.75 Å². The van der Waals surface area contributed by atoms with Crippen LogP contribution in [-0.4, -0.2) is 39.2 Å². The highest BCUT2D eigenvalue weighted by Crippen LogP contribution is 2.28. The van der Waals surface area contributed by atoms with Gasteiger partial charge in [0.15, 0.2) is 0 Å². The zero-order chi connectivity index (χ0) is 20.4. The molecule has 0 atom stereocenters. The molecule has 8 heteroatoms. The Bertz CT molecular complexity index is 1130. The van der Waals surface area contributed by atoms with E-state index >= 15 is 0 Å². The van der Waals surface area contributed by atoms with E-state index in [0.29, 0.717) is 36.6 Å². The fourth-order valence-electron chi connectivity index (χ4n) is 3.39. The van der Waals surface area contributed by atoms with Crippen LogP contribution in [0.25, 0.3) is 0 Å². The van der Waals surface area contributed by atoms with Crippen LogP contribution < -0.4 is 15.6 Å². The average Bonchev–Trinajstić information content (AvgIpc) is 2.74. The average molecular weight is 391 g/mol. The molecule has 1 aromatic carbocycles. The van der Waals surface area contributed by atoms with Crippen LogP contribution in [0.1, 0.15) is 21.6 Å². The van der Waals surface area contributed by atoms with Crippen LogP contribution in [0.4, 0.5) is 11.5 Å². The molecule has 8 nitrogen and oxygen atoms in total. The molecule has 1 N–H and O–H groups in total. The number of hydrogen-bond donors (Lipinski definition) is 1. The summed E-state index contributed by atoms with van der Waals surface area (Å²) in [6.45, 7) is 0.875. The largest absolute Gasteiger partial charge is 0.495 e. The van der Waals surface area contributed by atoms with E-state index in [1.54, 1.807) is 43.5 Å². The van der Waals surface area contributed by atoms with Gasteiger partial charge >= 0.3 is 0 Å². The molecular weight excluding hydrogens is 370 g/mol. The number of aromatic nitrogens is 3. The van der Waals surface area contributed by atoms with Crippen molar-refractivity contribution in [1.29, 1.82) is 0 Å². The van der Waals surface area contributed by atoms with E-state index in [9.17, 15) is 9.59 Å². The number of carbonyl (C=O) groups excluding carboxylic acids is 1. The molecule has 1 amide bonds. The molecule has 0 bridgehead atoms. The van der Waals surface area contributed by atoms with Gasteiger partial charge in [0, 0.05) is 44.4 Å². The van der Waals surface area contributed by atoms with Crippen molar-refractivity contribution in [2.45, 2.75) is 13.0 Å². The number of methoxy groups -OCH3 is 1. The van der Waals surface area contributed by atoms with Gasteiger partial charge in [-0.2, -0.15) is 5.10 Å². The first-order valence-corrected chi connectivity index (χ1v) is 9.27. The first kappa shape index (κ1) is 18.7. The van der Waals surface area contributed by atoms with Gasteiger partial charge in [0.25, 0.3) is 11.5 Å². The molecule has 0 spiro atoms. The second kappa shape index (κ2) is 7.75. The van der Waals surface area contributed by atoms with E-state index in [2.05, 4.69) is 15.4 Å². The van der Waals surface area contributed by atoms with E-state index in [-0.39, 0.29) is 11.5 Å². The summed E-state index contributed by atoms with van der Waals surface area (Å²) in [5, 5.41) is 7.50. The molecule has 0 fully saturated rings. The summed E-state index contributed by atoms with van der Waals surface area (Å²) in [5.74, 6) is 0.960. The quantitative estimate of drug-likeness (QED) is 0.733. The number of carbonyl (C=O) groups is 1. The molecule has 0 saturated heterocycles. The number of fused-ring (bicyclic) bond motifs is 1. The number of nitrogens with zero attached hydrogens (tertiary/aromatic N) is 4. The lowest BCUT2D eigenvalue weighted by Crippen LogP contribution is -2.38. The van der Waals surface area contributed by atoms with E-state index in [1.807, 2.05) is 24.3 Å². The molecule has 1 aliphatic rings. The van der Waals surface area contributed by atoms with E-state index < -0.39 is 0 Å². The number of para-hydroxylation sites is 2. The molecular formula is C21H21N5O3. The Morgan fingerprint density at radius 2 is 2.03 bits per heavy atom. The topological polar surface area (TPSA) is 89.3 Å². The second-order valence-electron chi connectivity index (χ2n) is 6.78. The first-order valence-electron chi connectivity index (χ1n) is 9.27. The van der Waals surface area contributed by atoms with Crippen LogP contribution in [0.5, 0.6) is 5.75 Å². The Balaban J connectivity index is 1.61. The minimum absolute atomic E-state index is 0.151. The fraction of sp³-hybridized carbons (Fsp3) is 0.238. The number of aryl methyl sites for hydroxylation is 1. The number of hydrogen-bond acceptors (Lipinski definition) is 6. The summed E-state index contributed by atoms with van der Waals surface area (Å²) in [6, 6.07) is 12.5. The zero-order valence-electron chi connectivity index (χ0n) is 16.3. The third-order valence-corrected chi connectivity index (χ3v) is 4.92. The number of benzene rings is 1. The van der Waals surface area contributed by atoms with E-state index in [1.165, 1.54) is 4.68 Å². The smallest absolute Gasteiger partial charge is 0.266 e. The van der Waals surface area contributed by atoms with E-state index in [4.69, 9.17) is 4.74 Å². The summed E-state index contributed by atoms with van der Waals surface area (Å²) in [6.07, 6.45) is 2.23. The first-order chi connectivity index (χ1) is 14.1. The molecule has 1 aliphatic heterocycles. The maximum absolute atomic E-state index is 13.2. The molecule has 29 heavy (non-hydrogen) atoms. The number of anilines is 2. The van der Waals surface area contributed by atoms with Gasteiger partial charge < -0.3 is 15.0 Å². The standard InChI is InChI=1S/C21H21N5O3/c1-25-19(27)12-14-13-26(11-9-16(14)24-25)21(28)15-6-5-10-22-20(15)23-17-7-3-4-8-18(17)29-2/h3-8,10,12H,9,11,13H2,1-2H3,(H,22,23). The maximum atomic E-state index is 13.2. The Labute approximate surface area is 167 Å². The second-order valence-corrected chi connectivity index (χ2v) is 6.78. The lowest BCUT2D eigenvalue weighted by Gasteiger charge is -2.28. The van der Waals surface area contributed by atoms with Gasteiger partial charge in [-0.05, 0) is 24.3 Å². The van der Waals surface area contributed by atoms with Gasteiger partial charge in [0.05, 0.1) is 24.1 Å². The monoisotopic (exact) mass is 391 g/mol. The molecule has 0 unspecified atom stereocenters. The van der Waals surface area contributed by atoms with Gasteiger partial charge in [-0.3, -0.25) is 9.59 Å². The summed E-state index contributed by atoms with van der Waals surface area (Å²) < 4.78 is 6.70. The highest BCUT2D eigenvalue weighted by atomic mass is 16.5. The van der Waals surface area contributed by atoms with Crippen LogP contribution in [-0.2, 0) is 20.0 Å². The molecule has 2 aromatic heterocycles. The van der Waals surface area contributed by atoms with Gasteiger partial charge in [0.2, 0.25) is 0 Å². The van der Waals surface area contributed by atoms with Crippen LogP contribution in [0.3, 0.4) is 0 Å².